The Morgan fingerprint density at radius 1 is 0.927 bits per heavy atom. The summed E-state index contributed by atoms with van der Waals surface area (Å²) in [6, 6.07) is 9.07. The van der Waals surface area contributed by atoms with E-state index in [-0.39, 0.29) is 11.6 Å². The summed E-state index contributed by atoms with van der Waals surface area (Å²) in [5.41, 5.74) is 1.57. The van der Waals surface area contributed by atoms with Crippen LogP contribution in [0.3, 0.4) is 0 Å². The van der Waals surface area contributed by atoms with Crippen LogP contribution >= 0.6 is 0 Å². The molecule has 1 aromatic carbocycles. The third-order valence-electron chi connectivity index (χ3n) is 12.2. The van der Waals surface area contributed by atoms with Gasteiger partial charge in [0.2, 0.25) is 0 Å². The third-order valence-corrected chi connectivity index (χ3v) is 12.2. The second-order valence-corrected chi connectivity index (χ2v) is 14.4. The Morgan fingerprint density at radius 3 is 2.34 bits per heavy atom. The maximum Gasteiger partial charge on any atom is 0.326 e. The van der Waals surface area contributed by atoms with Crippen LogP contribution in [0, 0.1) is 29.6 Å². The van der Waals surface area contributed by atoms with Crippen molar-refractivity contribution in [1.82, 2.24) is 14.5 Å². The van der Waals surface area contributed by atoms with Crippen LogP contribution in [0.2, 0.25) is 0 Å². The summed E-state index contributed by atoms with van der Waals surface area (Å²) in [5.74, 6) is 3.26. The van der Waals surface area contributed by atoms with Crippen LogP contribution in [0.25, 0.3) is 11.0 Å². The second-order valence-electron chi connectivity index (χ2n) is 14.4. The highest BCUT2D eigenvalue weighted by molar-refractivity contribution is 5.81. The minimum atomic E-state index is -0.874. The molecule has 7 heteroatoms. The fraction of sp³-hybridized carbons (Fsp3) is 0.735. The molecule has 3 aliphatic heterocycles. The molecule has 3 saturated carbocycles. The zero-order valence-electron chi connectivity index (χ0n) is 25.1. The van der Waals surface area contributed by atoms with Gasteiger partial charge in [0, 0.05) is 30.7 Å². The van der Waals surface area contributed by atoms with E-state index >= 15 is 0 Å². The van der Waals surface area contributed by atoms with Crippen molar-refractivity contribution in [1.29, 1.82) is 0 Å². The standard InChI is InChI=1S/C34H48N4O3/c1-4-22-9-11-24-12-10-23(16-22)17-31(24)38-29-18-25(19-30(38)21(3)15-20(29)2)37-27-8-6-5-7-26(27)35-32(33(37)39)36-14-13-28(36)34(40)41/h5-8,20-25,28-31H,4,9-19H2,1-3H3,(H,40,41). The molecule has 3 aliphatic carbocycles. The Hall–Kier alpha value is -2.41. The van der Waals surface area contributed by atoms with Gasteiger partial charge in [-0.1, -0.05) is 52.2 Å². The first-order valence-electron chi connectivity index (χ1n) is 16.6. The minimum absolute atomic E-state index is 0.102. The van der Waals surface area contributed by atoms with E-state index in [1.165, 1.54) is 51.4 Å². The van der Waals surface area contributed by atoms with Crippen LogP contribution in [0.1, 0.15) is 97.4 Å². The highest BCUT2D eigenvalue weighted by atomic mass is 16.4. The van der Waals surface area contributed by atoms with Gasteiger partial charge in [0.25, 0.3) is 5.56 Å². The van der Waals surface area contributed by atoms with Crippen molar-refractivity contribution in [2.24, 2.45) is 29.6 Å². The SMILES string of the molecule is CCC1CCC2CCC(C1)CC2N1C2CC(n3c(=O)c(N4CCC4C(=O)O)nc4ccccc43)CC1C(C)CC2C. The maximum absolute atomic E-state index is 14.2. The van der Waals surface area contributed by atoms with Gasteiger partial charge in [0.1, 0.15) is 6.04 Å². The molecular weight excluding hydrogens is 512 g/mol. The monoisotopic (exact) mass is 560 g/mol. The molecule has 4 bridgehead atoms. The van der Waals surface area contributed by atoms with Crippen LogP contribution in [0.15, 0.2) is 29.1 Å². The number of carboxylic acids is 1. The number of para-hydroxylation sites is 2. The summed E-state index contributed by atoms with van der Waals surface area (Å²) in [4.78, 5) is 35.6. The Labute approximate surface area is 244 Å². The van der Waals surface area contributed by atoms with Crippen molar-refractivity contribution in [3.8, 4) is 0 Å². The Balaban J connectivity index is 1.25. The lowest BCUT2D eigenvalue weighted by Gasteiger charge is -2.60. The van der Waals surface area contributed by atoms with Crippen molar-refractivity contribution >= 4 is 22.8 Å². The maximum atomic E-state index is 14.2. The minimum Gasteiger partial charge on any atom is -0.480 e. The summed E-state index contributed by atoms with van der Waals surface area (Å²) in [7, 11) is 0. The van der Waals surface area contributed by atoms with Gasteiger partial charge in [0.15, 0.2) is 5.82 Å². The molecule has 7 nitrogen and oxygen atoms in total. The molecule has 0 amide bonds. The summed E-state index contributed by atoms with van der Waals surface area (Å²) >= 11 is 0. The van der Waals surface area contributed by atoms with E-state index < -0.39 is 12.0 Å². The number of piperidine rings is 2. The summed E-state index contributed by atoms with van der Waals surface area (Å²) in [6.45, 7) is 7.86. The molecular formula is C34H48N4O3. The molecule has 3 saturated heterocycles. The van der Waals surface area contributed by atoms with Crippen LogP contribution in [0.5, 0.6) is 0 Å². The fourth-order valence-corrected chi connectivity index (χ4v) is 10.0. The Kier molecular flexibility index (Phi) is 7.16. The normalized spacial score (nSPS) is 39.2. The van der Waals surface area contributed by atoms with Crippen LogP contribution < -0.4 is 10.5 Å². The zero-order chi connectivity index (χ0) is 28.4. The van der Waals surface area contributed by atoms with Crippen molar-refractivity contribution in [3.63, 3.8) is 0 Å². The number of carbonyl (C=O) groups is 1. The number of nitrogens with zero attached hydrogens (tertiary/aromatic N) is 4. The van der Waals surface area contributed by atoms with E-state index in [2.05, 4.69) is 25.7 Å². The molecule has 6 fully saturated rings. The molecule has 2 aromatic rings. The quantitative estimate of drug-likeness (QED) is 0.476. The van der Waals surface area contributed by atoms with Crippen LogP contribution in [0.4, 0.5) is 5.82 Å². The molecule has 0 radical (unpaired) electrons. The van der Waals surface area contributed by atoms with Gasteiger partial charge < -0.3 is 14.6 Å². The number of rotatable bonds is 5. The first-order valence-corrected chi connectivity index (χ1v) is 16.6. The topological polar surface area (TPSA) is 78.7 Å². The second kappa shape index (κ2) is 10.7. The van der Waals surface area contributed by atoms with Gasteiger partial charge in [0.05, 0.1) is 11.0 Å². The molecule has 6 aliphatic rings. The average molecular weight is 561 g/mol. The number of hydrogen-bond acceptors (Lipinski definition) is 5. The highest BCUT2D eigenvalue weighted by Crippen LogP contribution is 2.51. The molecule has 1 N–H and O–H groups in total. The van der Waals surface area contributed by atoms with Gasteiger partial charge >= 0.3 is 5.97 Å². The van der Waals surface area contributed by atoms with E-state index in [0.717, 1.165) is 41.6 Å². The smallest absolute Gasteiger partial charge is 0.326 e. The van der Waals surface area contributed by atoms with E-state index in [9.17, 15) is 14.7 Å². The molecule has 8 rings (SSSR count). The van der Waals surface area contributed by atoms with Crippen molar-refractivity contribution in [2.75, 3.05) is 11.4 Å². The van der Waals surface area contributed by atoms with Crippen LogP contribution in [-0.2, 0) is 4.79 Å². The van der Waals surface area contributed by atoms with Crippen LogP contribution in [-0.4, -0.2) is 56.2 Å². The summed E-state index contributed by atoms with van der Waals surface area (Å²) < 4.78 is 2.03. The molecule has 0 spiro atoms. The van der Waals surface area contributed by atoms with Crippen molar-refractivity contribution in [2.45, 2.75) is 122 Å². The number of benzene rings is 1. The van der Waals surface area contributed by atoms with Gasteiger partial charge in [-0.2, -0.15) is 0 Å². The van der Waals surface area contributed by atoms with E-state index in [1.807, 2.05) is 28.8 Å². The fourth-order valence-electron chi connectivity index (χ4n) is 10.0. The lowest BCUT2D eigenvalue weighted by Crippen LogP contribution is -2.64. The van der Waals surface area contributed by atoms with E-state index in [4.69, 9.17) is 4.98 Å². The Bertz CT molecular complexity index is 1340. The third kappa shape index (κ3) is 4.61. The lowest BCUT2D eigenvalue weighted by atomic mass is 9.64. The summed E-state index contributed by atoms with van der Waals surface area (Å²) in [5, 5.41) is 9.73. The molecule has 9 atom stereocenters. The predicted octanol–water partition coefficient (Wildman–Crippen LogP) is 6.10. The molecule has 4 heterocycles. The largest absolute Gasteiger partial charge is 0.480 e. The lowest BCUT2D eigenvalue weighted by molar-refractivity contribution is -0.140. The van der Waals surface area contributed by atoms with Crippen molar-refractivity contribution < 1.29 is 9.90 Å². The molecule has 1 aromatic heterocycles. The number of anilines is 1. The van der Waals surface area contributed by atoms with Crippen molar-refractivity contribution in [3.05, 3.63) is 34.6 Å². The average Bonchev–Trinajstić information content (AvgIpc) is 2.91. The van der Waals surface area contributed by atoms with Gasteiger partial charge in [-0.15, -0.1) is 0 Å². The number of aromatic nitrogens is 2. The first kappa shape index (κ1) is 27.4. The molecule has 222 valence electrons. The molecule has 41 heavy (non-hydrogen) atoms. The van der Waals surface area contributed by atoms with E-state index in [1.54, 1.807) is 4.90 Å². The summed E-state index contributed by atoms with van der Waals surface area (Å²) in [6.07, 6.45) is 13.5. The first-order chi connectivity index (χ1) is 19.8. The highest BCUT2D eigenvalue weighted by Gasteiger charge is 2.51. The molecule has 9 unspecified atom stereocenters. The van der Waals surface area contributed by atoms with Gasteiger partial charge in [-0.05, 0) is 93.1 Å². The number of carboxylic acid groups (broad SMARTS) is 1. The number of hydrogen-bond donors (Lipinski definition) is 1. The van der Waals surface area contributed by atoms with E-state index in [0.29, 0.717) is 48.7 Å². The Morgan fingerprint density at radius 2 is 1.66 bits per heavy atom. The van der Waals surface area contributed by atoms with Gasteiger partial charge in [-0.25, -0.2) is 9.78 Å². The van der Waals surface area contributed by atoms with Gasteiger partial charge in [-0.3, -0.25) is 9.69 Å². The predicted molar refractivity (Wildman–Crippen MR) is 162 cm³/mol. The number of fused-ring (bicyclic) bond motifs is 9. The number of aliphatic carboxylic acids is 1. The zero-order valence-corrected chi connectivity index (χ0v) is 25.1.